The number of amides is 1. The lowest BCUT2D eigenvalue weighted by Crippen LogP contribution is -2.29. The molecule has 5 heteroatoms. The number of fused-ring (bicyclic) bond motifs is 1. The highest BCUT2D eigenvalue weighted by Crippen LogP contribution is 2.31. The summed E-state index contributed by atoms with van der Waals surface area (Å²) in [6, 6.07) is 19.7. The highest BCUT2D eigenvalue weighted by atomic mass is 16.5. The van der Waals surface area contributed by atoms with E-state index >= 15 is 0 Å². The van der Waals surface area contributed by atoms with Crippen molar-refractivity contribution in [2.45, 2.75) is 5.92 Å². The van der Waals surface area contributed by atoms with Crippen LogP contribution in [0.4, 0.5) is 0 Å². The molecule has 4 aromatic rings. The number of carbonyl (C=O) groups is 1. The summed E-state index contributed by atoms with van der Waals surface area (Å²) in [6.07, 6.45) is 5.25. The van der Waals surface area contributed by atoms with Gasteiger partial charge in [-0.3, -0.25) is 9.78 Å². The molecule has 0 saturated heterocycles. The van der Waals surface area contributed by atoms with Crippen molar-refractivity contribution in [2.75, 3.05) is 13.7 Å². The molecule has 0 aliphatic heterocycles. The fourth-order valence-corrected chi connectivity index (χ4v) is 3.42. The molecule has 0 aliphatic carbocycles. The van der Waals surface area contributed by atoms with E-state index < -0.39 is 0 Å². The number of para-hydroxylation sites is 1. The van der Waals surface area contributed by atoms with Crippen LogP contribution in [0.25, 0.3) is 10.9 Å². The van der Waals surface area contributed by atoms with Gasteiger partial charge in [-0.25, -0.2) is 0 Å². The maximum atomic E-state index is 12.5. The van der Waals surface area contributed by atoms with E-state index in [1.807, 2.05) is 42.6 Å². The minimum absolute atomic E-state index is 0.00248. The molecule has 2 N–H and O–H groups in total. The number of aromatic nitrogens is 2. The summed E-state index contributed by atoms with van der Waals surface area (Å²) in [4.78, 5) is 19.9. The first kappa shape index (κ1) is 17.8. The Kier molecular flexibility index (Phi) is 5.06. The fraction of sp³-hybridized carbons (Fsp3) is 0.130. The van der Waals surface area contributed by atoms with Crippen LogP contribution < -0.4 is 10.1 Å². The summed E-state index contributed by atoms with van der Waals surface area (Å²) in [5.41, 5.74) is 3.88. The standard InChI is InChI=1S/C23H21N3O2/c1-28-18-10-8-16(9-11-18)20(14-26-23(27)17-5-4-12-24-13-17)21-15-25-22-7-3-2-6-19(21)22/h2-13,15,20,25H,14H2,1H3,(H,26,27). The molecular weight excluding hydrogens is 350 g/mol. The Morgan fingerprint density at radius 3 is 2.68 bits per heavy atom. The Morgan fingerprint density at radius 2 is 1.93 bits per heavy atom. The van der Waals surface area contributed by atoms with Gasteiger partial charge in [-0.1, -0.05) is 30.3 Å². The van der Waals surface area contributed by atoms with Crippen LogP contribution in [0.2, 0.25) is 0 Å². The Hall–Kier alpha value is -3.60. The van der Waals surface area contributed by atoms with Gasteiger partial charge in [-0.2, -0.15) is 0 Å². The minimum atomic E-state index is -0.133. The zero-order valence-electron chi connectivity index (χ0n) is 15.6. The average molecular weight is 371 g/mol. The summed E-state index contributed by atoms with van der Waals surface area (Å²) in [5.74, 6) is 0.676. The molecule has 1 amide bonds. The normalized spacial score (nSPS) is 11.9. The third-order valence-electron chi connectivity index (χ3n) is 4.91. The van der Waals surface area contributed by atoms with Crippen LogP contribution in [0.1, 0.15) is 27.4 Å². The first-order valence-electron chi connectivity index (χ1n) is 9.14. The van der Waals surface area contributed by atoms with Crippen molar-refractivity contribution in [1.82, 2.24) is 15.3 Å². The van der Waals surface area contributed by atoms with E-state index in [1.54, 1.807) is 31.6 Å². The van der Waals surface area contributed by atoms with Crippen LogP contribution >= 0.6 is 0 Å². The van der Waals surface area contributed by atoms with Gasteiger partial charge in [-0.05, 0) is 41.5 Å². The molecule has 1 atom stereocenters. The number of nitrogens with one attached hydrogen (secondary N) is 2. The summed E-state index contributed by atoms with van der Waals surface area (Å²) in [6.45, 7) is 0.474. The van der Waals surface area contributed by atoms with Gasteiger partial charge in [0.2, 0.25) is 0 Å². The summed E-state index contributed by atoms with van der Waals surface area (Å²) < 4.78 is 5.28. The Labute approximate surface area is 163 Å². The zero-order chi connectivity index (χ0) is 19.3. The predicted octanol–water partition coefficient (Wildman–Crippen LogP) is 4.13. The van der Waals surface area contributed by atoms with Crippen LogP contribution in [0.15, 0.2) is 79.3 Å². The average Bonchev–Trinajstić information content (AvgIpc) is 3.19. The van der Waals surface area contributed by atoms with E-state index in [9.17, 15) is 4.79 Å². The number of rotatable bonds is 6. The van der Waals surface area contributed by atoms with Crippen LogP contribution in [0.5, 0.6) is 5.75 Å². The molecule has 0 aliphatic rings. The van der Waals surface area contributed by atoms with Crippen molar-refractivity contribution in [3.63, 3.8) is 0 Å². The lowest BCUT2D eigenvalue weighted by molar-refractivity contribution is 0.0952. The molecule has 0 fully saturated rings. The number of pyridine rings is 1. The van der Waals surface area contributed by atoms with E-state index in [4.69, 9.17) is 4.74 Å². The predicted molar refractivity (Wildman–Crippen MR) is 110 cm³/mol. The zero-order valence-corrected chi connectivity index (χ0v) is 15.6. The topological polar surface area (TPSA) is 67.0 Å². The molecule has 140 valence electrons. The molecule has 0 saturated carbocycles. The van der Waals surface area contributed by atoms with Gasteiger partial charge in [0, 0.05) is 42.0 Å². The van der Waals surface area contributed by atoms with Gasteiger partial charge in [0.15, 0.2) is 0 Å². The second-order valence-corrected chi connectivity index (χ2v) is 6.57. The summed E-state index contributed by atoms with van der Waals surface area (Å²) in [5, 5.41) is 4.21. The van der Waals surface area contributed by atoms with Gasteiger partial charge in [-0.15, -0.1) is 0 Å². The summed E-state index contributed by atoms with van der Waals surface area (Å²) in [7, 11) is 1.65. The highest BCUT2D eigenvalue weighted by molar-refractivity contribution is 5.94. The number of nitrogens with zero attached hydrogens (tertiary/aromatic N) is 1. The van der Waals surface area contributed by atoms with Crippen molar-refractivity contribution in [2.24, 2.45) is 0 Å². The number of carbonyl (C=O) groups excluding carboxylic acids is 1. The maximum Gasteiger partial charge on any atom is 0.252 e. The number of benzene rings is 2. The molecule has 0 bridgehead atoms. The monoisotopic (exact) mass is 371 g/mol. The maximum absolute atomic E-state index is 12.5. The van der Waals surface area contributed by atoms with Gasteiger partial charge >= 0.3 is 0 Å². The molecule has 1 unspecified atom stereocenters. The Bertz CT molecular complexity index is 1070. The number of hydrogen-bond donors (Lipinski definition) is 2. The van der Waals surface area contributed by atoms with E-state index in [0.717, 1.165) is 27.8 Å². The first-order valence-corrected chi connectivity index (χ1v) is 9.14. The van der Waals surface area contributed by atoms with Crippen molar-refractivity contribution in [1.29, 1.82) is 0 Å². The quantitative estimate of drug-likeness (QED) is 0.535. The molecular formula is C23H21N3O2. The molecule has 4 rings (SSSR count). The summed E-state index contributed by atoms with van der Waals surface area (Å²) >= 11 is 0. The van der Waals surface area contributed by atoms with Crippen LogP contribution in [-0.4, -0.2) is 29.5 Å². The second-order valence-electron chi connectivity index (χ2n) is 6.57. The lowest BCUT2D eigenvalue weighted by atomic mass is 9.90. The largest absolute Gasteiger partial charge is 0.497 e. The number of H-pyrrole nitrogens is 1. The number of ether oxygens (including phenoxy) is 1. The molecule has 2 aromatic carbocycles. The van der Waals surface area contributed by atoms with E-state index in [-0.39, 0.29) is 11.8 Å². The SMILES string of the molecule is COc1ccc(C(CNC(=O)c2cccnc2)c2c[nH]c3ccccc23)cc1. The van der Waals surface area contributed by atoms with Crippen molar-refractivity contribution < 1.29 is 9.53 Å². The second kappa shape index (κ2) is 7.96. The smallest absolute Gasteiger partial charge is 0.252 e. The van der Waals surface area contributed by atoms with E-state index in [2.05, 4.69) is 27.4 Å². The minimum Gasteiger partial charge on any atom is -0.497 e. The number of methoxy groups -OCH3 is 1. The van der Waals surface area contributed by atoms with Crippen LogP contribution in [0.3, 0.4) is 0 Å². The van der Waals surface area contributed by atoms with Crippen LogP contribution in [-0.2, 0) is 0 Å². The van der Waals surface area contributed by atoms with Crippen molar-refractivity contribution in [3.8, 4) is 5.75 Å². The van der Waals surface area contributed by atoms with E-state index in [0.29, 0.717) is 12.1 Å². The fourth-order valence-electron chi connectivity index (χ4n) is 3.42. The number of aromatic amines is 1. The molecule has 5 nitrogen and oxygen atoms in total. The first-order chi connectivity index (χ1) is 13.8. The number of hydrogen-bond acceptors (Lipinski definition) is 3. The molecule has 2 aromatic heterocycles. The lowest BCUT2D eigenvalue weighted by Gasteiger charge is -2.18. The third kappa shape index (κ3) is 3.60. The highest BCUT2D eigenvalue weighted by Gasteiger charge is 2.19. The van der Waals surface area contributed by atoms with Gasteiger partial charge < -0.3 is 15.0 Å². The molecule has 0 spiro atoms. The van der Waals surface area contributed by atoms with Gasteiger partial charge in [0.05, 0.1) is 12.7 Å². The Balaban J connectivity index is 1.66. The molecule has 0 radical (unpaired) electrons. The van der Waals surface area contributed by atoms with Gasteiger partial charge in [0.25, 0.3) is 5.91 Å². The third-order valence-corrected chi connectivity index (χ3v) is 4.91. The van der Waals surface area contributed by atoms with Crippen molar-refractivity contribution in [3.05, 3.63) is 95.9 Å². The van der Waals surface area contributed by atoms with Crippen LogP contribution in [0, 0.1) is 0 Å². The molecule has 28 heavy (non-hydrogen) atoms. The van der Waals surface area contributed by atoms with Gasteiger partial charge in [0.1, 0.15) is 5.75 Å². The Morgan fingerprint density at radius 1 is 1.11 bits per heavy atom. The molecule has 2 heterocycles. The van der Waals surface area contributed by atoms with E-state index in [1.165, 1.54) is 0 Å². The van der Waals surface area contributed by atoms with Crippen molar-refractivity contribution >= 4 is 16.8 Å².